The normalized spacial score (nSPS) is 10.0. The van der Waals surface area contributed by atoms with Crippen molar-refractivity contribution >= 4 is 11.5 Å². The van der Waals surface area contributed by atoms with Crippen molar-refractivity contribution in [1.82, 2.24) is 4.98 Å². The van der Waals surface area contributed by atoms with Gasteiger partial charge in [-0.2, -0.15) is 5.26 Å². The lowest BCUT2D eigenvalue weighted by atomic mass is 10.1. The third-order valence-corrected chi connectivity index (χ3v) is 3.27. The summed E-state index contributed by atoms with van der Waals surface area (Å²) in [6, 6.07) is 9.99. The molecule has 0 saturated heterocycles. The summed E-state index contributed by atoms with van der Waals surface area (Å²) < 4.78 is 13.4. The van der Waals surface area contributed by atoms with Gasteiger partial charge in [0, 0.05) is 36.7 Å². The van der Waals surface area contributed by atoms with Gasteiger partial charge in [-0.05, 0) is 36.8 Å². The smallest absolute Gasteiger partial charge is 0.161 e. The van der Waals surface area contributed by atoms with Crippen LogP contribution in [0.15, 0.2) is 42.7 Å². The Balaban J connectivity index is 2.37. The van der Waals surface area contributed by atoms with Gasteiger partial charge in [0.2, 0.25) is 0 Å². The quantitative estimate of drug-likeness (QED) is 0.767. The predicted octanol–water partition coefficient (Wildman–Crippen LogP) is 3.34. The topological polar surface area (TPSA) is 57.0 Å². The summed E-state index contributed by atoms with van der Waals surface area (Å²) in [5.74, 6) is -0.654. The molecule has 0 aliphatic rings. The first kappa shape index (κ1) is 15.6. The van der Waals surface area contributed by atoms with Crippen LogP contribution < -0.4 is 4.90 Å². The highest BCUT2D eigenvalue weighted by molar-refractivity contribution is 5.99. The van der Waals surface area contributed by atoms with E-state index < -0.39 is 5.82 Å². The summed E-state index contributed by atoms with van der Waals surface area (Å²) in [5, 5.41) is 8.83. The summed E-state index contributed by atoms with van der Waals surface area (Å²) in [6.07, 6.45) is 3.73. The number of ketones is 1. The van der Waals surface area contributed by atoms with Crippen LogP contribution in [0.3, 0.4) is 0 Å². The van der Waals surface area contributed by atoms with E-state index in [1.165, 1.54) is 19.1 Å². The average molecular weight is 297 g/mol. The molecule has 0 fully saturated rings. The highest BCUT2D eigenvalue weighted by atomic mass is 19.1. The fraction of sp³-hybridized carbons (Fsp3) is 0.235. The van der Waals surface area contributed by atoms with E-state index in [2.05, 4.69) is 11.1 Å². The van der Waals surface area contributed by atoms with Crippen LogP contribution in [0, 0.1) is 17.1 Å². The molecule has 0 bridgehead atoms. The molecule has 2 rings (SSSR count). The molecule has 0 radical (unpaired) electrons. The minimum atomic E-state index is -0.449. The summed E-state index contributed by atoms with van der Waals surface area (Å²) in [5.41, 5.74) is 1.91. The number of nitrogens with zero attached hydrogens (tertiary/aromatic N) is 3. The molecular weight excluding hydrogens is 281 g/mol. The first-order valence-electron chi connectivity index (χ1n) is 6.93. The van der Waals surface area contributed by atoms with Gasteiger partial charge in [0.25, 0.3) is 0 Å². The second-order valence-electron chi connectivity index (χ2n) is 4.91. The summed E-state index contributed by atoms with van der Waals surface area (Å²) in [4.78, 5) is 17.7. The first-order chi connectivity index (χ1) is 10.6. The van der Waals surface area contributed by atoms with Crippen LogP contribution in [0.5, 0.6) is 0 Å². The van der Waals surface area contributed by atoms with Gasteiger partial charge in [-0.25, -0.2) is 4.39 Å². The Morgan fingerprint density at radius 2 is 2.23 bits per heavy atom. The highest BCUT2D eigenvalue weighted by Crippen LogP contribution is 2.24. The molecule has 0 aliphatic heterocycles. The third-order valence-electron chi connectivity index (χ3n) is 3.27. The van der Waals surface area contributed by atoms with Gasteiger partial charge in [0.15, 0.2) is 5.78 Å². The van der Waals surface area contributed by atoms with E-state index in [1.807, 2.05) is 17.0 Å². The zero-order valence-electron chi connectivity index (χ0n) is 12.3. The van der Waals surface area contributed by atoms with Crippen molar-refractivity contribution in [3.05, 3.63) is 59.7 Å². The van der Waals surface area contributed by atoms with E-state index in [0.717, 1.165) is 5.56 Å². The lowest BCUT2D eigenvalue weighted by molar-refractivity contribution is 0.101. The minimum Gasteiger partial charge on any atom is -0.366 e. The van der Waals surface area contributed by atoms with Crippen molar-refractivity contribution in [3.63, 3.8) is 0 Å². The van der Waals surface area contributed by atoms with E-state index in [9.17, 15) is 9.18 Å². The largest absolute Gasteiger partial charge is 0.366 e. The van der Waals surface area contributed by atoms with Gasteiger partial charge >= 0.3 is 0 Å². The minimum absolute atomic E-state index is 0.206. The molecule has 1 aromatic carbocycles. The van der Waals surface area contributed by atoms with Gasteiger partial charge in [0.1, 0.15) is 5.82 Å². The second kappa shape index (κ2) is 7.32. The van der Waals surface area contributed by atoms with E-state index in [4.69, 9.17) is 5.26 Å². The predicted molar refractivity (Wildman–Crippen MR) is 81.9 cm³/mol. The Bertz CT molecular complexity index is 695. The molecular formula is C17H16FN3O. The second-order valence-corrected chi connectivity index (χ2v) is 4.91. The van der Waals surface area contributed by atoms with Crippen molar-refractivity contribution in [2.45, 2.75) is 19.9 Å². The molecule has 0 spiro atoms. The summed E-state index contributed by atoms with van der Waals surface area (Å²) in [6.45, 7) is 2.36. The Hall–Kier alpha value is -2.74. The van der Waals surface area contributed by atoms with Crippen LogP contribution in [0.4, 0.5) is 10.1 Å². The molecule has 0 amide bonds. The van der Waals surface area contributed by atoms with E-state index in [-0.39, 0.29) is 5.78 Å². The van der Waals surface area contributed by atoms with Crippen LogP contribution in [-0.4, -0.2) is 17.3 Å². The van der Waals surface area contributed by atoms with E-state index >= 15 is 0 Å². The molecule has 1 heterocycles. The van der Waals surface area contributed by atoms with Crippen LogP contribution in [0.2, 0.25) is 0 Å². The molecule has 4 nitrogen and oxygen atoms in total. The van der Waals surface area contributed by atoms with Crippen molar-refractivity contribution in [2.75, 3.05) is 11.4 Å². The number of benzene rings is 1. The number of aromatic nitrogens is 1. The Morgan fingerprint density at radius 1 is 1.41 bits per heavy atom. The Morgan fingerprint density at radius 3 is 2.86 bits per heavy atom. The monoisotopic (exact) mass is 297 g/mol. The number of carbonyl (C=O) groups excluding carboxylic acids is 1. The van der Waals surface area contributed by atoms with Crippen LogP contribution in [0.1, 0.15) is 29.3 Å². The summed E-state index contributed by atoms with van der Waals surface area (Å²) >= 11 is 0. The summed E-state index contributed by atoms with van der Waals surface area (Å²) in [7, 11) is 0. The van der Waals surface area contributed by atoms with Crippen molar-refractivity contribution < 1.29 is 9.18 Å². The van der Waals surface area contributed by atoms with Crippen molar-refractivity contribution in [2.24, 2.45) is 0 Å². The van der Waals surface area contributed by atoms with Crippen LogP contribution in [0.25, 0.3) is 0 Å². The van der Waals surface area contributed by atoms with Gasteiger partial charge in [-0.15, -0.1) is 0 Å². The van der Waals surface area contributed by atoms with Crippen molar-refractivity contribution in [3.8, 4) is 6.07 Å². The van der Waals surface area contributed by atoms with Gasteiger partial charge in [-0.3, -0.25) is 9.78 Å². The van der Waals surface area contributed by atoms with E-state index in [1.54, 1.807) is 18.5 Å². The number of halogens is 1. The first-order valence-corrected chi connectivity index (χ1v) is 6.93. The number of pyridine rings is 1. The van der Waals surface area contributed by atoms with Gasteiger partial charge in [0.05, 0.1) is 12.5 Å². The van der Waals surface area contributed by atoms with Crippen LogP contribution in [-0.2, 0) is 6.54 Å². The highest BCUT2D eigenvalue weighted by Gasteiger charge is 2.15. The molecule has 5 heteroatoms. The maximum Gasteiger partial charge on any atom is 0.161 e. The molecule has 0 atom stereocenters. The maximum atomic E-state index is 13.4. The third kappa shape index (κ3) is 3.89. The fourth-order valence-electron chi connectivity index (χ4n) is 2.25. The van der Waals surface area contributed by atoms with Gasteiger partial charge < -0.3 is 4.90 Å². The number of hydrogen-bond donors (Lipinski definition) is 0. The zero-order valence-corrected chi connectivity index (χ0v) is 12.3. The average Bonchev–Trinajstić information content (AvgIpc) is 2.52. The fourth-order valence-corrected chi connectivity index (χ4v) is 2.25. The van der Waals surface area contributed by atoms with Crippen LogP contribution >= 0.6 is 0 Å². The number of nitriles is 1. The molecule has 22 heavy (non-hydrogen) atoms. The lowest BCUT2D eigenvalue weighted by Crippen LogP contribution is -2.25. The Kier molecular flexibility index (Phi) is 5.21. The number of Topliss-reactive ketones (excluding diaryl/α,β-unsaturated/α-hetero) is 1. The number of anilines is 1. The number of carbonyl (C=O) groups is 1. The standard InChI is InChI=1S/C17H16FN3O/c1-13(22)16-10-15(18)5-6-17(16)21(9-3-7-19)12-14-4-2-8-20-11-14/h2,4-6,8,10-11H,3,9,12H2,1H3. The SMILES string of the molecule is CC(=O)c1cc(F)ccc1N(CCC#N)Cc1cccnc1. The maximum absolute atomic E-state index is 13.4. The number of hydrogen-bond acceptors (Lipinski definition) is 4. The molecule has 0 unspecified atom stereocenters. The molecule has 1 aromatic heterocycles. The molecule has 0 N–H and O–H groups in total. The molecule has 112 valence electrons. The van der Waals surface area contributed by atoms with E-state index in [0.29, 0.717) is 30.8 Å². The molecule has 2 aromatic rings. The van der Waals surface area contributed by atoms with Crippen molar-refractivity contribution in [1.29, 1.82) is 5.26 Å². The molecule has 0 aliphatic carbocycles. The lowest BCUT2D eigenvalue weighted by Gasteiger charge is -2.26. The van der Waals surface area contributed by atoms with Gasteiger partial charge in [-0.1, -0.05) is 6.07 Å². The number of rotatable bonds is 6. The zero-order chi connectivity index (χ0) is 15.9. The molecule has 0 saturated carbocycles. The Labute approximate surface area is 128 Å².